The summed E-state index contributed by atoms with van der Waals surface area (Å²) < 4.78 is 0. The van der Waals surface area contributed by atoms with Crippen LogP contribution in [0.5, 0.6) is 0 Å². The zero-order chi connectivity index (χ0) is 11.0. The van der Waals surface area contributed by atoms with Crippen molar-refractivity contribution in [1.29, 1.82) is 0 Å². The normalized spacial score (nSPS) is 33.5. The molecular formula is C12H22N2O. The highest BCUT2D eigenvalue weighted by molar-refractivity contribution is 5.84. The molecule has 3 nitrogen and oxygen atoms in total. The molecule has 2 fully saturated rings. The summed E-state index contributed by atoms with van der Waals surface area (Å²) in [6, 6.07) is 0.464. The van der Waals surface area contributed by atoms with Crippen molar-refractivity contribution in [2.75, 3.05) is 0 Å². The Morgan fingerprint density at radius 1 is 1.47 bits per heavy atom. The van der Waals surface area contributed by atoms with Gasteiger partial charge < -0.3 is 4.90 Å². The number of nitrogens with zero attached hydrogens (tertiary/aromatic N) is 1. The van der Waals surface area contributed by atoms with Crippen molar-refractivity contribution < 1.29 is 4.79 Å². The van der Waals surface area contributed by atoms with E-state index in [1.807, 2.05) is 6.92 Å². The summed E-state index contributed by atoms with van der Waals surface area (Å²) in [5, 5.41) is 3.30. The summed E-state index contributed by atoms with van der Waals surface area (Å²) in [6.07, 6.45) is 5.25. The van der Waals surface area contributed by atoms with Gasteiger partial charge in [-0.25, -0.2) is 0 Å². The van der Waals surface area contributed by atoms with Crippen molar-refractivity contribution in [2.24, 2.45) is 5.92 Å². The van der Waals surface area contributed by atoms with E-state index in [9.17, 15) is 4.79 Å². The van der Waals surface area contributed by atoms with Crippen LogP contribution < -0.4 is 5.32 Å². The second-order valence-electron chi connectivity index (χ2n) is 5.05. The zero-order valence-corrected chi connectivity index (χ0v) is 9.99. The van der Waals surface area contributed by atoms with Crippen LogP contribution in [0.15, 0.2) is 0 Å². The van der Waals surface area contributed by atoms with E-state index in [0.29, 0.717) is 6.04 Å². The minimum absolute atomic E-state index is 0.00764. The molecule has 86 valence electrons. The van der Waals surface area contributed by atoms with Gasteiger partial charge in [-0.3, -0.25) is 10.1 Å². The SMILES string of the molecule is CCC(CC1CC1)N1C(=O)C(C)NC1C. The molecule has 2 rings (SSSR count). The average Bonchev–Trinajstić information content (AvgIpc) is 2.96. The Morgan fingerprint density at radius 3 is 2.53 bits per heavy atom. The first-order valence-corrected chi connectivity index (χ1v) is 6.21. The van der Waals surface area contributed by atoms with Gasteiger partial charge in [0, 0.05) is 6.04 Å². The van der Waals surface area contributed by atoms with Crippen LogP contribution in [-0.4, -0.2) is 29.1 Å². The smallest absolute Gasteiger partial charge is 0.240 e. The van der Waals surface area contributed by atoms with Crippen LogP contribution in [0.3, 0.4) is 0 Å². The molecule has 1 saturated heterocycles. The molecule has 3 atom stereocenters. The highest BCUT2D eigenvalue weighted by Crippen LogP contribution is 2.36. The first-order valence-electron chi connectivity index (χ1n) is 6.21. The van der Waals surface area contributed by atoms with E-state index in [4.69, 9.17) is 0 Å². The molecule has 1 aliphatic heterocycles. The van der Waals surface area contributed by atoms with Gasteiger partial charge in [-0.05, 0) is 32.6 Å². The van der Waals surface area contributed by atoms with Crippen molar-refractivity contribution in [3.8, 4) is 0 Å². The maximum Gasteiger partial charge on any atom is 0.240 e. The number of hydrogen-bond donors (Lipinski definition) is 1. The number of amides is 1. The van der Waals surface area contributed by atoms with Crippen LogP contribution in [0.1, 0.15) is 46.5 Å². The Balaban J connectivity index is 2.01. The summed E-state index contributed by atoms with van der Waals surface area (Å²) in [7, 11) is 0. The van der Waals surface area contributed by atoms with Crippen LogP contribution in [0.4, 0.5) is 0 Å². The van der Waals surface area contributed by atoms with Crippen molar-refractivity contribution in [2.45, 2.75) is 64.7 Å². The number of nitrogens with one attached hydrogen (secondary N) is 1. The minimum atomic E-state index is 0.00764. The highest BCUT2D eigenvalue weighted by atomic mass is 16.2. The van der Waals surface area contributed by atoms with E-state index in [2.05, 4.69) is 24.1 Å². The lowest BCUT2D eigenvalue weighted by Crippen LogP contribution is -2.43. The lowest BCUT2D eigenvalue weighted by Gasteiger charge is -2.30. The van der Waals surface area contributed by atoms with Crippen molar-refractivity contribution >= 4 is 5.91 Å². The van der Waals surface area contributed by atoms with Gasteiger partial charge in [-0.2, -0.15) is 0 Å². The highest BCUT2D eigenvalue weighted by Gasteiger charge is 2.39. The predicted octanol–water partition coefficient (Wildman–Crippen LogP) is 1.73. The summed E-state index contributed by atoms with van der Waals surface area (Å²) in [4.78, 5) is 14.1. The maximum atomic E-state index is 12.0. The zero-order valence-electron chi connectivity index (χ0n) is 9.99. The largest absolute Gasteiger partial charge is 0.323 e. The third-order valence-corrected chi connectivity index (χ3v) is 3.70. The lowest BCUT2D eigenvalue weighted by atomic mass is 10.1. The molecule has 15 heavy (non-hydrogen) atoms. The second-order valence-corrected chi connectivity index (χ2v) is 5.05. The molecule has 1 amide bonds. The van der Waals surface area contributed by atoms with Crippen LogP contribution >= 0.6 is 0 Å². The topological polar surface area (TPSA) is 32.3 Å². The Morgan fingerprint density at radius 2 is 2.13 bits per heavy atom. The van der Waals surface area contributed by atoms with Gasteiger partial charge in [0.05, 0.1) is 12.2 Å². The molecule has 1 aliphatic carbocycles. The minimum Gasteiger partial charge on any atom is -0.323 e. The number of rotatable bonds is 4. The molecule has 0 bridgehead atoms. The molecular weight excluding hydrogens is 188 g/mol. The summed E-state index contributed by atoms with van der Waals surface area (Å²) in [5.74, 6) is 1.18. The molecule has 1 heterocycles. The van der Waals surface area contributed by atoms with Crippen molar-refractivity contribution in [1.82, 2.24) is 10.2 Å². The van der Waals surface area contributed by atoms with E-state index in [-0.39, 0.29) is 18.1 Å². The van der Waals surface area contributed by atoms with Crippen LogP contribution in [0.25, 0.3) is 0 Å². The molecule has 0 aromatic carbocycles. The first-order chi connectivity index (χ1) is 7.13. The number of hydrogen-bond acceptors (Lipinski definition) is 2. The van der Waals surface area contributed by atoms with E-state index >= 15 is 0 Å². The van der Waals surface area contributed by atoms with Crippen LogP contribution in [0.2, 0.25) is 0 Å². The fourth-order valence-corrected chi connectivity index (χ4v) is 2.64. The fraction of sp³-hybridized carbons (Fsp3) is 0.917. The molecule has 2 aliphatic rings. The van der Waals surface area contributed by atoms with Crippen molar-refractivity contribution in [3.05, 3.63) is 0 Å². The van der Waals surface area contributed by atoms with Crippen molar-refractivity contribution in [3.63, 3.8) is 0 Å². The van der Waals surface area contributed by atoms with Crippen LogP contribution in [-0.2, 0) is 4.79 Å². The fourth-order valence-electron chi connectivity index (χ4n) is 2.64. The van der Waals surface area contributed by atoms with Gasteiger partial charge in [-0.15, -0.1) is 0 Å². The third kappa shape index (κ3) is 2.17. The van der Waals surface area contributed by atoms with E-state index < -0.39 is 0 Å². The standard InChI is InChI=1S/C12H22N2O/c1-4-11(7-10-5-6-10)14-9(3)13-8(2)12(14)15/h8-11,13H,4-7H2,1-3H3. The van der Waals surface area contributed by atoms with Gasteiger partial charge in [0.2, 0.25) is 5.91 Å². The Kier molecular flexibility index (Phi) is 3.01. The molecule has 3 unspecified atom stereocenters. The van der Waals surface area contributed by atoms with E-state index in [0.717, 1.165) is 12.3 Å². The van der Waals surface area contributed by atoms with Gasteiger partial charge >= 0.3 is 0 Å². The van der Waals surface area contributed by atoms with Gasteiger partial charge in [0.25, 0.3) is 0 Å². The Labute approximate surface area is 92.2 Å². The molecule has 0 spiro atoms. The number of carbonyl (C=O) groups is 1. The average molecular weight is 210 g/mol. The molecule has 1 N–H and O–H groups in total. The van der Waals surface area contributed by atoms with Gasteiger partial charge in [0.15, 0.2) is 0 Å². The van der Waals surface area contributed by atoms with Gasteiger partial charge in [0.1, 0.15) is 0 Å². The predicted molar refractivity (Wildman–Crippen MR) is 60.3 cm³/mol. The first kappa shape index (κ1) is 10.9. The van der Waals surface area contributed by atoms with Gasteiger partial charge in [-0.1, -0.05) is 19.8 Å². The monoisotopic (exact) mass is 210 g/mol. The quantitative estimate of drug-likeness (QED) is 0.766. The Hall–Kier alpha value is -0.570. The van der Waals surface area contributed by atoms with E-state index in [1.165, 1.54) is 19.3 Å². The molecule has 3 heteroatoms. The second kappa shape index (κ2) is 4.12. The number of carbonyl (C=O) groups excluding carboxylic acids is 1. The summed E-state index contributed by atoms with van der Waals surface area (Å²) in [5.41, 5.74) is 0. The van der Waals surface area contributed by atoms with E-state index in [1.54, 1.807) is 0 Å². The maximum absolute atomic E-state index is 12.0. The third-order valence-electron chi connectivity index (χ3n) is 3.70. The molecule has 0 aromatic heterocycles. The molecule has 0 radical (unpaired) electrons. The van der Waals surface area contributed by atoms with Crippen LogP contribution in [0, 0.1) is 5.92 Å². The summed E-state index contributed by atoms with van der Waals surface area (Å²) in [6.45, 7) is 6.25. The molecule has 1 saturated carbocycles. The Bertz CT molecular complexity index is 250. The summed E-state index contributed by atoms with van der Waals surface area (Å²) >= 11 is 0. The molecule has 0 aromatic rings. The lowest BCUT2D eigenvalue weighted by molar-refractivity contribution is -0.132.